The molecule has 0 aliphatic carbocycles. The molecule has 68 valence electrons. The van der Waals surface area contributed by atoms with Gasteiger partial charge in [0.1, 0.15) is 0 Å². The zero-order chi connectivity index (χ0) is 8.81. The van der Waals surface area contributed by atoms with Crippen molar-refractivity contribution in [3.8, 4) is 6.19 Å². The van der Waals surface area contributed by atoms with E-state index in [1.54, 1.807) is 4.90 Å². The van der Waals surface area contributed by atoms with Gasteiger partial charge < -0.3 is 9.64 Å². The maximum atomic E-state index is 8.65. The lowest BCUT2D eigenvalue weighted by atomic mass is 10.1. The summed E-state index contributed by atoms with van der Waals surface area (Å²) in [6.07, 6.45) is 5.71. The molecule has 1 rings (SSSR count). The van der Waals surface area contributed by atoms with Gasteiger partial charge in [-0.05, 0) is 19.3 Å². The number of piperidine rings is 1. The van der Waals surface area contributed by atoms with Crippen molar-refractivity contribution in [3.63, 3.8) is 0 Å². The third-order valence-electron chi connectivity index (χ3n) is 2.08. The Balaban J connectivity index is 2.22. The highest BCUT2D eigenvalue weighted by molar-refractivity contribution is 4.81. The van der Waals surface area contributed by atoms with Gasteiger partial charge in [-0.25, -0.2) is 0 Å². The van der Waals surface area contributed by atoms with Crippen molar-refractivity contribution in [1.29, 1.82) is 5.26 Å². The van der Waals surface area contributed by atoms with Crippen molar-refractivity contribution in [3.05, 3.63) is 0 Å². The topological polar surface area (TPSA) is 36.3 Å². The lowest BCUT2D eigenvalue weighted by Crippen LogP contribution is -2.36. The van der Waals surface area contributed by atoms with Crippen molar-refractivity contribution >= 4 is 0 Å². The Bertz CT molecular complexity index is 164. The molecule has 1 saturated heterocycles. The first-order valence-electron chi connectivity index (χ1n) is 4.63. The van der Waals surface area contributed by atoms with Gasteiger partial charge in [-0.1, -0.05) is 6.92 Å². The van der Waals surface area contributed by atoms with E-state index >= 15 is 0 Å². The Kier molecular flexibility index (Phi) is 3.89. The zero-order valence-corrected chi connectivity index (χ0v) is 7.62. The fourth-order valence-electron chi connectivity index (χ4n) is 1.45. The molecule has 1 atom stereocenters. The summed E-state index contributed by atoms with van der Waals surface area (Å²) in [4.78, 5) is 1.78. The SMILES string of the molecule is CCCOC1CCCN(C#N)C1. The molecule has 0 spiro atoms. The van der Waals surface area contributed by atoms with Crippen molar-refractivity contribution < 1.29 is 4.74 Å². The molecule has 12 heavy (non-hydrogen) atoms. The van der Waals surface area contributed by atoms with Crippen molar-refractivity contribution in [2.45, 2.75) is 32.3 Å². The molecule has 0 saturated carbocycles. The van der Waals surface area contributed by atoms with E-state index in [2.05, 4.69) is 13.1 Å². The highest BCUT2D eigenvalue weighted by Crippen LogP contribution is 2.12. The Morgan fingerprint density at radius 1 is 1.67 bits per heavy atom. The molecule has 0 aromatic heterocycles. The summed E-state index contributed by atoms with van der Waals surface area (Å²) >= 11 is 0. The Labute approximate surface area is 73.9 Å². The minimum atomic E-state index is 0.290. The van der Waals surface area contributed by atoms with Crippen molar-refractivity contribution in [2.24, 2.45) is 0 Å². The first-order chi connectivity index (χ1) is 5.86. The van der Waals surface area contributed by atoms with Gasteiger partial charge in [-0.3, -0.25) is 0 Å². The largest absolute Gasteiger partial charge is 0.376 e. The van der Waals surface area contributed by atoms with Crippen LogP contribution in [-0.4, -0.2) is 30.7 Å². The molecule has 1 unspecified atom stereocenters. The molecule has 1 fully saturated rings. The first kappa shape index (κ1) is 9.34. The molecular formula is C9H16N2O. The van der Waals surface area contributed by atoms with Crippen LogP contribution in [0.15, 0.2) is 0 Å². The highest BCUT2D eigenvalue weighted by atomic mass is 16.5. The number of rotatable bonds is 3. The second kappa shape index (κ2) is 5.00. The molecule has 0 amide bonds. The van der Waals surface area contributed by atoms with Crippen LogP contribution in [0.5, 0.6) is 0 Å². The summed E-state index contributed by atoms with van der Waals surface area (Å²) in [6, 6.07) is 0. The van der Waals surface area contributed by atoms with E-state index in [0.717, 1.165) is 39.0 Å². The van der Waals surface area contributed by atoms with Crippen LogP contribution < -0.4 is 0 Å². The standard InChI is InChI=1S/C9H16N2O/c1-2-6-12-9-4-3-5-11(7-9)8-10/h9H,2-7H2,1H3. The molecule has 3 nitrogen and oxygen atoms in total. The number of hydrogen-bond donors (Lipinski definition) is 0. The maximum absolute atomic E-state index is 8.65. The van der Waals surface area contributed by atoms with Crippen LogP contribution in [0.3, 0.4) is 0 Å². The molecule has 0 aromatic carbocycles. The summed E-state index contributed by atoms with van der Waals surface area (Å²) in [6.45, 7) is 4.62. The normalized spacial score (nSPS) is 23.7. The summed E-state index contributed by atoms with van der Waals surface area (Å²) in [7, 11) is 0. The van der Waals surface area contributed by atoms with Crippen LogP contribution in [0.25, 0.3) is 0 Å². The molecule has 3 heteroatoms. The molecule has 0 aromatic rings. The number of ether oxygens (including phenoxy) is 1. The van der Waals surface area contributed by atoms with Gasteiger partial charge in [-0.15, -0.1) is 0 Å². The molecule has 1 aliphatic rings. The van der Waals surface area contributed by atoms with E-state index < -0.39 is 0 Å². The smallest absolute Gasteiger partial charge is 0.179 e. The average molecular weight is 168 g/mol. The number of hydrogen-bond acceptors (Lipinski definition) is 3. The third kappa shape index (κ3) is 2.71. The Morgan fingerprint density at radius 2 is 2.50 bits per heavy atom. The first-order valence-corrected chi connectivity index (χ1v) is 4.63. The predicted octanol–water partition coefficient (Wildman–Crippen LogP) is 1.36. The zero-order valence-electron chi connectivity index (χ0n) is 7.62. The van der Waals surface area contributed by atoms with Crippen LogP contribution in [0, 0.1) is 11.5 Å². The summed E-state index contributed by atoms with van der Waals surface area (Å²) in [5.74, 6) is 0. The molecule has 0 bridgehead atoms. The van der Waals surface area contributed by atoms with E-state index in [0.29, 0.717) is 6.10 Å². The molecule has 0 N–H and O–H groups in total. The fourth-order valence-corrected chi connectivity index (χ4v) is 1.45. The average Bonchev–Trinajstić information content (AvgIpc) is 2.15. The number of likely N-dealkylation sites (tertiary alicyclic amines) is 1. The maximum Gasteiger partial charge on any atom is 0.179 e. The molecule has 1 aliphatic heterocycles. The van der Waals surface area contributed by atoms with Crippen LogP contribution in [-0.2, 0) is 4.74 Å². The molecule has 0 radical (unpaired) electrons. The lowest BCUT2D eigenvalue weighted by molar-refractivity contribution is 0.0138. The van der Waals surface area contributed by atoms with Crippen LogP contribution in [0.1, 0.15) is 26.2 Å². The Morgan fingerprint density at radius 3 is 3.17 bits per heavy atom. The van der Waals surface area contributed by atoms with Gasteiger partial charge in [0.15, 0.2) is 6.19 Å². The van der Waals surface area contributed by atoms with Gasteiger partial charge in [-0.2, -0.15) is 5.26 Å². The lowest BCUT2D eigenvalue weighted by Gasteiger charge is -2.28. The van der Waals surface area contributed by atoms with Crippen LogP contribution in [0.4, 0.5) is 0 Å². The van der Waals surface area contributed by atoms with Gasteiger partial charge in [0.25, 0.3) is 0 Å². The van der Waals surface area contributed by atoms with Crippen LogP contribution in [0.2, 0.25) is 0 Å². The third-order valence-corrected chi connectivity index (χ3v) is 2.08. The van der Waals surface area contributed by atoms with E-state index in [9.17, 15) is 0 Å². The number of nitriles is 1. The van der Waals surface area contributed by atoms with E-state index in [-0.39, 0.29) is 0 Å². The minimum Gasteiger partial charge on any atom is -0.376 e. The predicted molar refractivity (Wildman–Crippen MR) is 46.5 cm³/mol. The van der Waals surface area contributed by atoms with E-state index in [1.165, 1.54) is 0 Å². The van der Waals surface area contributed by atoms with Crippen molar-refractivity contribution in [2.75, 3.05) is 19.7 Å². The number of nitrogens with zero attached hydrogens (tertiary/aromatic N) is 2. The van der Waals surface area contributed by atoms with E-state index in [1.807, 2.05) is 0 Å². The second-order valence-corrected chi connectivity index (χ2v) is 3.18. The van der Waals surface area contributed by atoms with Crippen molar-refractivity contribution in [1.82, 2.24) is 4.90 Å². The Hall–Kier alpha value is -0.750. The summed E-state index contributed by atoms with van der Waals surface area (Å²) in [5.41, 5.74) is 0. The van der Waals surface area contributed by atoms with Crippen LogP contribution >= 0.6 is 0 Å². The highest BCUT2D eigenvalue weighted by Gasteiger charge is 2.18. The summed E-state index contributed by atoms with van der Waals surface area (Å²) < 4.78 is 5.57. The van der Waals surface area contributed by atoms with Gasteiger partial charge in [0.2, 0.25) is 0 Å². The van der Waals surface area contributed by atoms with Gasteiger partial charge in [0.05, 0.1) is 12.6 Å². The van der Waals surface area contributed by atoms with Gasteiger partial charge >= 0.3 is 0 Å². The van der Waals surface area contributed by atoms with E-state index in [4.69, 9.17) is 10.00 Å². The monoisotopic (exact) mass is 168 g/mol. The minimum absolute atomic E-state index is 0.290. The quantitative estimate of drug-likeness (QED) is 0.597. The van der Waals surface area contributed by atoms with Gasteiger partial charge in [0, 0.05) is 13.2 Å². The molecule has 1 heterocycles. The fraction of sp³-hybridized carbons (Fsp3) is 0.889. The molecular weight excluding hydrogens is 152 g/mol. The second-order valence-electron chi connectivity index (χ2n) is 3.18. The summed E-state index contributed by atoms with van der Waals surface area (Å²) in [5, 5.41) is 8.65.